The molecule has 1 N–H and O–H groups in total. The minimum Gasteiger partial charge on any atom is -0.326 e. The predicted octanol–water partition coefficient (Wildman–Crippen LogP) is 3.93. The Balaban J connectivity index is 1.29. The van der Waals surface area contributed by atoms with Crippen molar-refractivity contribution in [1.82, 2.24) is 20.0 Å². The predicted molar refractivity (Wildman–Crippen MR) is 142 cm³/mol. The van der Waals surface area contributed by atoms with Gasteiger partial charge in [-0.1, -0.05) is 17.7 Å². The zero-order chi connectivity index (χ0) is 28.3. The summed E-state index contributed by atoms with van der Waals surface area (Å²) >= 11 is 6.07. The van der Waals surface area contributed by atoms with E-state index in [4.69, 9.17) is 11.6 Å². The number of likely N-dealkylation sites (tertiary alicyclic amines) is 1. The van der Waals surface area contributed by atoms with E-state index >= 15 is 4.39 Å². The molecule has 3 atom stereocenters. The molecule has 4 heterocycles. The van der Waals surface area contributed by atoms with Crippen molar-refractivity contribution in [2.75, 3.05) is 19.6 Å². The third kappa shape index (κ3) is 4.47. The molecular formula is C29H29ClF2N4O4. The number of nitrogens with one attached hydrogen (secondary N) is 1. The van der Waals surface area contributed by atoms with Gasteiger partial charge in [-0.25, -0.2) is 8.78 Å². The Hall–Kier alpha value is -3.37. The molecule has 6 rings (SSSR count). The summed E-state index contributed by atoms with van der Waals surface area (Å²) in [5, 5.41) is 2.29. The lowest BCUT2D eigenvalue weighted by molar-refractivity contribution is -0.137. The van der Waals surface area contributed by atoms with Gasteiger partial charge in [-0.3, -0.25) is 24.5 Å². The zero-order valence-corrected chi connectivity index (χ0v) is 22.7. The van der Waals surface area contributed by atoms with Crippen LogP contribution in [-0.2, 0) is 16.1 Å². The van der Waals surface area contributed by atoms with Gasteiger partial charge in [0.05, 0.1) is 17.1 Å². The number of benzene rings is 2. The Morgan fingerprint density at radius 3 is 2.55 bits per heavy atom. The summed E-state index contributed by atoms with van der Waals surface area (Å²) in [4.78, 5) is 56.6. The summed E-state index contributed by atoms with van der Waals surface area (Å²) in [6.07, 6.45) is 0.387. The maximum Gasteiger partial charge on any atom is 0.255 e. The molecule has 0 radical (unpaired) electrons. The number of amides is 4. The van der Waals surface area contributed by atoms with Crippen molar-refractivity contribution in [3.8, 4) is 0 Å². The van der Waals surface area contributed by atoms with Crippen LogP contribution in [-0.4, -0.2) is 70.2 Å². The first-order valence-electron chi connectivity index (χ1n) is 13.6. The topological polar surface area (TPSA) is 90.0 Å². The molecule has 4 amide bonds. The van der Waals surface area contributed by atoms with Gasteiger partial charge in [-0.05, 0) is 61.6 Å². The summed E-state index contributed by atoms with van der Waals surface area (Å²) in [6.45, 7) is 3.38. The molecule has 11 heteroatoms. The van der Waals surface area contributed by atoms with Gasteiger partial charge in [0.1, 0.15) is 18.0 Å². The highest BCUT2D eigenvalue weighted by molar-refractivity contribution is 6.30. The van der Waals surface area contributed by atoms with Crippen molar-refractivity contribution in [2.24, 2.45) is 0 Å². The Labute approximate surface area is 235 Å². The van der Waals surface area contributed by atoms with Crippen molar-refractivity contribution in [3.05, 3.63) is 69.0 Å². The minimum absolute atomic E-state index is 0.0107. The number of carbonyl (C=O) groups is 4. The molecular weight excluding hydrogens is 542 g/mol. The highest BCUT2D eigenvalue weighted by atomic mass is 35.5. The first-order valence-corrected chi connectivity index (χ1v) is 14.0. The minimum atomic E-state index is -0.836. The zero-order valence-electron chi connectivity index (χ0n) is 22.0. The van der Waals surface area contributed by atoms with E-state index < -0.39 is 36.0 Å². The summed E-state index contributed by atoms with van der Waals surface area (Å²) in [5.74, 6) is -2.06. The molecule has 0 spiro atoms. The van der Waals surface area contributed by atoms with Crippen LogP contribution in [0.1, 0.15) is 82.1 Å². The first kappa shape index (κ1) is 26.8. The van der Waals surface area contributed by atoms with Crippen molar-refractivity contribution in [1.29, 1.82) is 0 Å². The molecule has 4 aliphatic heterocycles. The highest BCUT2D eigenvalue weighted by Crippen LogP contribution is 2.41. The molecule has 2 fully saturated rings. The molecule has 8 nitrogen and oxygen atoms in total. The van der Waals surface area contributed by atoms with Crippen LogP contribution in [0, 0.1) is 5.82 Å². The average molecular weight is 571 g/mol. The highest BCUT2D eigenvalue weighted by Gasteiger charge is 2.44. The van der Waals surface area contributed by atoms with E-state index in [9.17, 15) is 23.6 Å². The first-order chi connectivity index (χ1) is 19.1. The van der Waals surface area contributed by atoms with E-state index in [-0.39, 0.29) is 42.1 Å². The van der Waals surface area contributed by atoms with Gasteiger partial charge >= 0.3 is 0 Å². The van der Waals surface area contributed by atoms with Crippen LogP contribution in [0.2, 0.25) is 5.02 Å². The second-order valence-electron chi connectivity index (χ2n) is 11.0. The van der Waals surface area contributed by atoms with Gasteiger partial charge in [0.15, 0.2) is 0 Å². The molecule has 4 aliphatic rings. The van der Waals surface area contributed by atoms with E-state index in [0.29, 0.717) is 60.3 Å². The normalized spacial score (nSPS) is 25.3. The maximum atomic E-state index is 15.1. The van der Waals surface area contributed by atoms with Crippen LogP contribution in [0.25, 0.3) is 0 Å². The van der Waals surface area contributed by atoms with E-state index in [1.54, 1.807) is 36.1 Å². The fourth-order valence-corrected chi connectivity index (χ4v) is 6.67. The van der Waals surface area contributed by atoms with Crippen LogP contribution in [0.5, 0.6) is 0 Å². The number of piperidine rings is 2. The van der Waals surface area contributed by atoms with E-state index in [1.807, 2.05) is 0 Å². The van der Waals surface area contributed by atoms with E-state index in [1.165, 1.54) is 11.0 Å². The third-order valence-electron chi connectivity index (χ3n) is 8.68. The van der Waals surface area contributed by atoms with Gasteiger partial charge in [-0.15, -0.1) is 0 Å². The monoisotopic (exact) mass is 570 g/mol. The quantitative estimate of drug-likeness (QED) is 0.563. The summed E-state index contributed by atoms with van der Waals surface area (Å²) in [6, 6.07) is 6.39. The Morgan fingerprint density at radius 2 is 1.82 bits per heavy atom. The number of fused-ring (bicyclic) bond motifs is 2. The molecule has 2 aromatic carbocycles. The number of nitrogens with zero attached hydrogens (tertiary/aromatic N) is 3. The molecule has 0 saturated carbocycles. The maximum absolute atomic E-state index is 15.1. The standard InChI is InChI=1S/C29H29ClF2N4O4/c1-15-20-12-16(2-3-19(20)29(40)36(15)23-6-7-25(37)33-27(23)38)28(39)35-13-21-18(4-5-22(30)26(21)32)24(35)14-34-10-8-17(31)9-11-34/h2-5,12,15,17,23-24H,6-11,13-14H2,1H3,(H,33,37,38)/t15-,23+,24+/m1/s1. The van der Waals surface area contributed by atoms with Crippen LogP contribution in [0.3, 0.4) is 0 Å². The fraction of sp³-hybridized carbons (Fsp3) is 0.448. The lowest BCUT2D eigenvalue weighted by atomic mass is 10.00. The summed E-state index contributed by atoms with van der Waals surface area (Å²) in [7, 11) is 0. The summed E-state index contributed by atoms with van der Waals surface area (Å²) in [5.41, 5.74) is 2.43. The van der Waals surface area contributed by atoms with E-state index in [0.717, 1.165) is 0 Å². The molecule has 0 bridgehead atoms. The largest absolute Gasteiger partial charge is 0.326 e. The van der Waals surface area contributed by atoms with Crippen LogP contribution in [0.15, 0.2) is 30.3 Å². The van der Waals surface area contributed by atoms with Gasteiger partial charge < -0.3 is 14.7 Å². The Morgan fingerprint density at radius 1 is 1.07 bits per heavy atom. The number of hydrogen-bond acceptors (Lipinski definition) is 5. The molecule has 2 aromatic rings. The smallest absolute Gasteiger partial charge is 0.255 e. The van der Waals surface area contributed by atoms with Crippen molar-refractivity contribution in [2.45, 2.75) is 63.4 Å². The van der Waals surface area contributed by atoms with Crippen molar-refractivity contribution >= 4 is 35.2 Å². The molecule has 210 valence electrons. The van der Waals surface area contributed by atoms with Crippen LogP contribution >= 0.6 is 11.6 Å². The molecule has 40 heavy (non-hydrogen) atoms. The second-order valence-corrected chi connectivity index (χ2v) is 11.4. The van der Waals surface area contributed by atoms with Crippen LogP contribution < -0.4 is 5.32 Å². The summed E-state index contributed by atoms with van der Waals surface area (Å²) < 4.78 is 28.8. The lowest BCUT2D eigenvalue weighted by Gasteiger charge is -2.34. The van der Waals surface area contributed by atoms with Crippen molar-refractivity contribution in [3.63, 3.8) is 0 Å². The fourth-order valence-electron chi connectivity index (χ4n) is 6.49. The number of imide groups is 1. The number of halogens is 3. The molecule has 2 saturated heterocycles. The number of carbonyl (C=O) groups excluding carboxylic acids is 4. The Bertz CT molecular complexity index is 1430. The van der Waals surface area contributed by atoms with Gasteiger partial charge in [0.2, 0.25) is 11.8 Å². The third-order valence-corrected chi connectivity index (χ3v) is 8.97. The molecule has 0 aromatic heterocycles. The lowest BCUT2D eigenvalue weighted by Crippen LogP contribution is -2.53. The average Bonchev–Trinajstić information content (AvgIpc) is 3.42. The second kappa shape index (κ2) is 10.2. The van der Waals surface area contributed by atoms with Crippen molar-refractivity contribution < 1.29 is 28.0 Å². The van der Waals surface area contributed by atoms with Gasteiger partial charge in [0.25, 0.3) is 11.8 Å². The number of alkyl halides is 1. The number of rotatable bonds is 4. The van der Waals surface area contributed by atoms with Gasteiger partial charge in [-0.2, -0.15) is 0 Å². The SMILES string of the molecule is C[C@@H]1c2cc(C(=O)N3Cc4c(ccc(Cl)c4F)[C@@H]3CN3CCC(F)CC3)ccc2C(=O)N1[C@H]1CCC(=O)NC1=O. The molecule has 0 unspecified atom stereocenters. The Kier molecular flexibility index (Phi) is 6.86. The van der Waals surface area contributed by atoms with Gasteiger partial charge in [0, 0.05) is 49.3 Å². The molecule has 0 aliphatic carbocycles. The van der Waals surface area contributed by atoms with Crippen LogP contribution in [0.4, 0.5) is 8.78 Å². The van der Waals surface area contributed by atoms with E-state index in [2.05, 4.69) is 10.2 Å². The number of hydrogen-bond donors (Lipinski definition) is 1.